The number of nitrogens with one attached hydrogen (secondary N) is 1. The van der Waals surface area contributed by atoms with E-state index in [1.807, 2.05) is 6.92 Å². The normalized spacial score (nSPS) is 15.1. The minimum Gasteiger partial charge on any atom is -0.360 e. The molecule has 0 aromatic carbocycles. The number of hydrogen-bond donors (Lipinski definition) is 1. The summed E-state index contributed by atoms with van der Waals surface area (Å²) in [5, 5.41) is 14.9. The molecule has 7 heteroatoms. The molecule has 0 radical (unpaired) electrons. The first-order valence-corrected chi connectivity index (χ1v) is 5.96. The Morgan fingerprint density at radius 1 is 1.28 bits per heavy atom. The monoisotopic (exact) mass is 246 g/mol. The minimum atomic E-state index is 0.625. The molecular formula is C11H14N6O. The smallest absolute Gasteiger partial charge is 0.247 e. The lowest BCUT2D eigenvalue weighted by Crippen LogP contribution is -2.21. The van der Waals surface area contributed by atoms with Crippen LogP contribution in [0.15, 0.2) is 16.8 Å². The van der Waals surface area contributed by atoms with Gasteiger partial charge in [-0.1, -0.05) is 5.16 Å². The van der Waals surface area contributed by atoms with Crippen molar-refractivity contribution < 1.29 is 4.52 Å². The van der Waals surface area contributed by atoms with E-state index < -0.39 is 0 Å². The van der Waals surface area contributed by atoms with Crippen LogP contribution in [-0.2, 0) is 0 Å². The summed E-state index contributed by atoms with van der Waals surface area (Å²) < 4.78 is 4.98. The molecule has 18 heavy (non-hydrogen) atoms. The van der Waals surface area contributed by atoms with Gasteiger partial charge in [0.2, 0.25) is 5.95 Å². The minimum absolute atomic E-state index is 0.625. The topological polar surface area (TPSA) is 80.0 Å². The van der Waals surface area contributed by atoms with Crippen molar-refractivity contribution in [2.75, 3.05) is 23.3 Å². The lowest BCUT2D eigenvalue weighted by molar-refractivity contribution is 0.400. The van der Waals surface area contributed by atoms with E-state index in [0.717, 1.165) is 18.8 Å². The molecule has 1 saturated heterocycles. The van der Waals surface area contributed by atoms with Gasteiger partial charge in [-0.15, -0.1) is 5.10 Å². The number of rotatable bonds is 3. The third-order valence-electron chi connectivity index (χ3n) is 2.82. The molecular weight excluding hydrogens is 232 g/mol. The van der Waals surface area contributed by atoms with Gasteiger partial charge < -0.3 is 14.7 Å². The van der Waals surface area contributed by atoms with Gasteiger partial charge in [0.05, 0.1) is 6.20 Å². The van der Waals surface area contributed by atoms with Gasteiger partial charge in [0.1, 0.15) is 5.76 Å². The molecule has 0 atom stereocenters. The zero-order chi connectivity index (χ0) is 12.4. The summed E-state index contributed by atoms with van der Waals surface area (Å²) in [6.45, 7) is 3.83. The summed E-state index contributed by atoms with van der Waals surface area (Å²) in [7, 11) is 0. The number of aromatic nitrogens is 4. The molecule has 1 N–H and O–H groups in total. The number of hydrogen-bond acceptors (Lipinski definition) is 7. The van der Waals surface area contributed by atoms with Gasteiger partial charge in [0.15, 0.2) is 11.6 Å². The van der Waals surface area contributed by atoms with E-state index in [1.165, 1.54) is 12.8 Å². The van der Waals surface area contributed by atoms with Crippen molar-refractivity contribution in [1.82, 2.24) is 20.3 Å². The third-order valence-corrected chi connectivity index (χ3v) is 2.82. The molecule has 0 aliphatic carbocycles. The predicted molar refractivity (Wildman–Crippen MR) is 65.8 cm³/mol. The lowest BCUT2D eigenvalue weighted by atomic mass is 10.4. The second-order valence-corrected chi connectivity index (χ2v) is 4.28. The maximum atomic E-state index is 4.98. The van der Waals surface area contributed by atoms with Gasteiger partial charge >= 0.3 is 0 Å². The highest BCUT2D eigenvalue weighted by atomic mass is 16.5. The van der Waals surface area contributed by atoms with Gasteiger partial charge in [0, 0.05) is 19.2 Å². The Kier molecular flexibility index (Phi) is 2.79. The predicted octanol–water partition coefficient (Wildman–Crippen LogP) is 1.51. The van der Waals surface area contributed by atoms with Crippen LogP contribution in [0.5, 0.6) is 0 Å². The van der Waals surface area contributed by atoms with Crippen molar-refractivity contribution in [2.45, 2.75) is 19.8 Å². The molecule has 7 nitrogen and oxygen atoms in total. The Morgan fingerprint density at radius 2 is 2.11 bits per heavy atom. The summed E-state index contributed by atoms with van der Waals surface area (Å²) in [6, 6.07) is 1.80. The average Bonchev–Trinajstić information content (AvgIpc) is 3.01. The number of aryl methyl sites for hydroxylation is 1. The summed E-state index contributed by atoms with van der Waals surface area (Å²) in [4.78, 5) is 6.55. The van der Waals surface area contributed by atoms with Crippen molar-refractivity contribution in [2.24, 2.45) is 0 Å². The van der Waals surface area contributed by atoms with Crippen molar-refractivity contribution in [3.63, 3.8) is 0 Å². The van der Waals surface area contributed by atoms with Gasteiger partial charge in [-0.2, -0.15) is 10.1 Å². The molecule has 2 aromatic rings. The summed E-state index contributed by atoms with van der Waals surface area (Å²) in [6.07, 6.45) is 3.94. The van der Waals surface area contributed by atoms with Crippen molar-refractivity contribution in [1.29, 1.82) is 0 Å². The molecule has 3 rings (SSSR count). The van der Waals surface area contributed by atoms with E-state index >= 15 is 0 Å². The first-order chi connectivity index (χ1) is 8.81. The zero-order valence-corrected chi connectivity index (χ0v) is 10.1. The first-order valence-electron chi connectivity index (χ1n) is 5.96. The van der Waals surface area contributed by atoms with E-state index in [9.17, 15) is 0 Å². The van der Waals surface area contributed by atoms with Crippen LogP contribution in [0, 0.1) is 6.92 Å². The summed E-state index contributed by atoms with van der Waals surface area (Å²) in [5.41, 5.74) is 0. The Labute approximate surface area is 104 Å². The average molecular weight is 246 g/mol. The second kappa shape index (κ2) is 4.59. The fraction of sp³-hybridized carbons (Fsp3) is 0.455. The van der Waals surface area contributed by atoms with Gasteiger partial charge in [0.25, 0.3) is 0 Å². The second-order valence-electron chi connectivity index (χ2n) is 4.28. The van der Waals surface area contributed by atoms with E-state index in [2.05, 4.69) is 30.6 Å². The zero-order valence-electron chi connectivity index (χ0n) is 10.1. The Bertz CT molecular complexity index is 534. The lowest BCUT2D eigenvalue weighted by Gasteiger charge is -2.14. The molecule has 1 fully saturated rings. The fourth-order valence-corrected chi connectivity index (χ4v) is 1.96. The van der Waals surface area contributed by atoms with Crippen molar-refractivity contribution >= 4 is 17.6 Å². The van der Waals surface area contributed by atoms with Crippen LogP contribution in [0.25, 0.3) is 0 Å². The maximum absolute atomic E-state index is 4.98. The van der Waals surface area contributed by atoms with Crippen molar-refractivity contribution in [3.05, 3.63) is 18.0 Å². The van der Waals surface area contributed by atoms with Crippen LogP contribution in [0.2, 0.25) is 0 Å². The molecule has 2 aromatic heterocycles. The van der Waals surface area contributed by atoms with Crippen LogP contribution >= 0.6 is 0 Å². The third kappa shape index (κ3) is 2.24. The van der Waals surface area contributed by atoms with E-state index in [0.29, 0.717) is 17.6 Å². The van der Waals surface area contributed by atoms with Crippen LogP contribution in [0.4, 0.5) is 17.6 Å². The van der Waals surface area contributed by atoms with Crippen LogP contribution in [0.3, 0.4) is 0 Å². The highest BCUT2D eigenvalue weighted by Gasteiger charge is 2.15. The van der Waals surface area contributed by atoms with Gasteiger partial charge in [-0.3, -0.25) is 0 Å². The summed E-state index contributed by atoms with van der Waals surface area (Å²) in [5.74, 6) is 2.66. The Hall–Kier alpha value is -2.18. The highest BCUT2D eigenvalue weighted by Crippen LogP contribution is 2.18. The molecule has 1 aliphatic heterocycles. The Morgan fingerprint density at radius 3 is 2.83 bits per heavy atom. The molecule has 0 bridgehead atoms. The van der Waals surface area contributed by atoms with Crippen LogP contribution in [0.1, 0.15) is 18.6 Å². The SMILES string of the molecule is Cc1cc(Nc2cnnc(N3CCCC3)n2)no1. The molecule has 0 saturated carbocycles. The molecule has 1 aliphatic rings. The van der Waals surface area contributed by atoms with Gasteiger partial charge in [-0.05, 0) is 19.8 Å². The first kappa shape index (κ1) is 10.9. The molecule has 0 unspecified atom stereocenters. The fourth-order valence-electron chi connectivity index (χ4n) is 1.96. The summed E-state index contributed by atoms with van der Waals surface area (Å²) >= 11 is 0. The van der Waals surface area contributed by atoms with E-state index in [-0.39, 0.29) is 0 Å². The van der Waals surface area contributed by atoms with Crippen LogP contribution < -0.4 is 10.2 Å². The van der Waals surface area contributed by atoms with Crippen LogP contribution in [-0.4, -0.2) is 33.4 Å². The number of nitrogens with zero attached hydrogens (tertiary/aromatic N) is 5. The van der Waals surface area contributed by atoms with E-state index in [4.69, 9.17) is 4.52 Å². The quantitative estimate of drug-likeness (QED) is 0.879. The number of anilines is 3. The largest absolute Gasteiger partial charge is 0.360 e. The van der Waals surface area contributed by atoms with Gasteiger partial charge in [-0.25, -0.2) is 0 Å². The van der Waals surface area contributed by atoms with Crippen molar-refractivity contribution in [3.8, 4) is 0 Å². The molecule has 0 spiro atoms. The molecule has 94 valence electrons. The molecule has 0 amide bonds. The van der Waals surface area contributed by atoms with E-state index in [1.54, 1.807) is 12.3 Å². The highest BCUT2D eigenvalue weighted by molar-refractivity contribution is 5.51. The Balaban J connectivity index is 1.78. The molecule has 3 heterocycles. The maximum Gasteiger partial charge on any atom is 0.247 e. The standard InChI is InChI=1S/C11H14N6O/c1-8-6-9(16-18-8)13-10-7-12-15-11(14-10)17-4-2-3-5-17/h6-7H,2-5H2,1H3,(H,13,14,15,16).